The highest BCUT2D eigenvalue weighted by molar-refractivity contribution is 7.23. The van der Waals surface area contributed by atoms with Crippen molar-refractivity contribution in [3.05, 3.63) is 59.5 Å². The van der Waals surface area contributed by atoms with Gasteiger partial charge in [0.1, 0.15) is 12.0 Å². The summed E-state index contributed by atoms with van der Waals surface area (Å²) in [6.45, 7) is 2.34. The van der Waals surface area contributed by atoms with Gasteiger partial charge in [-0.2, -0.15) is 0 Å². The molecule has 2 aliphatic rings. The van der Waals surface area contributed by atoms with E-state index in [9.17, 15) is 18.4 Å². The van der Waals surface area contributed by atoms with Crippen molar-refractivity contribution < 1.29 is 18.4 Å². The highest BCUT2D eigenvalue weighted by atomic mass is 32.1. The molecule has 2 N–H and O–H groups in total. The van der Waals surface area contributed by atoms with Crippen LogP contribution in [0.15, 0.2) is 42.6 Å². The number of piperidine rings is 1. The molecule has 1 unspecified atom stereocenters. The molecule has 38 heavy (non-hydrogen) atoms. The van der Waals surface area contributed by atoms with E-state index in [1.165, 1.54) is 11.3 Å². The molecule has 198 valence electrons. The molecule has 0 bridgehead atoms. The molecule has 2 atom stereocenters. The molecule has 2 fully saturated rings. The van der Waals surface area contributed by atoms with Gasteiger partial charge in [0.15, 0.2) is 4.96 Å². The zero-order valence-electron chi connectivity index (χ0n) is 20.9. The average Bonchev–Trinajstić information content (AvgIpc) is 3.64. The number of halogens is 2. The molecule has 0 spiro atoms. The summed E-state index contributed by atoms with van der Waals surface area (Å²) in [4.78, 5) is 31.6. The molecule has 2 amide bonds. The monoisotopic (exact) mass is 537 g/mol. The number of thiazole rings is 1. The molecule has 2 aromatic heterocycles. The van der Waals surface area contributed by atoms with E-state index in [1.54, 1.807) is 23.1 Å². The number of likely N-dealkylation sites (tertiary alicyclic amines) is 1. The van der Waals surface area contributed by atoms with Crippen molar-refractivity contribution in [1.82, 2.24) is 24.9 Å². The second-order valence-electron chi connectivity index (χ2n) is 10.0. The van der Waals surface area contributed by atoms with Crippen LogP contribution in [-0.4, -0.2) is 58.4 Å². The van der Waals surface area contributed by atoms with Crippen molar-refractivity contribution in [2.75, 3.05) is 26.2 Å². The van der Waals surface area contributed by atoms with Crippen molar-refractivity contribution in [1.29, 1.82) is 0 Å². The second kappa shape index (κ2) is 10.4. The fraction of sp³-hybridized carbons (Fsp3) is 0.393. The number of nitrogens with one attached hydrogen (secondary N) is 2. The van der Waals surface area contributed by atoms with Crippen LogP contribution in [0.25, 0.3) is 26.4 Å². The van der Waals surface area contributed by atoms with E-state index in [4.69, 9.17) is 0 Å². The van der Waals surface area contributed by atoms with E-state index in [-0.39, 0.29) is 30.1 Å². The Hall–Kier alpha value is -3.37. The van der Waals surface area contributed by atoms with Crippen molar-refractivity contribution in [2.45, 2.75) is 44.3 Å². The summed E-state index contributed by atoms with van der Waals surface area (Å²) in [5.41, 5.74) is 3.47. The van der Waals surface area contributed by atoms with E-state index in [0.717, 1.165) is 40.1 Å². The number of nitrogens with zero attached hydrogens (tertiary/aromatic N) is 3. The molecule has 4 aromatic rings. The molecule has 2 aromatic carbocycles. The van der Waals surface area contributed by atoms with Crippen molar-refractivity contribution in [3.63, 3.8) is 0 Å². The summed E-state index contributed by atoms with van der Waals surface area (Å²) in [5, 5.41) is 6.30. The zero-order valence-corrected chi connectivity index (χ0v) is 21.7. The Balaban J connectivity index is 1.12. The number of carbonyl (C=O) groups is 2. The normalized spacial score (nSPS) is 20.1. The second-order valence-corrected chi connectivity index (χ2v) is 11.0. The maximum atomic E-state index is 15.0. The molecular formula is C28H29F2N5O2S. The van der Waals surface area contributed by atoms with Gasteiger partial charge in [-0.15, -0.1) is 0 Å². The van der Waals surface area contributed by atoms with Crippen LogP contribution in [-0.2, 0) is 4.79 Å². The van der Waals surface area contributed by atoms with Gasteiger partial charge in [-0.05, 0) is 68.1 Å². The van der Waals surface area contributed by atoms with Gasteiger partial charge in [0.05, 0.1) is 22.3 Å². The number of carbonyl (C=O) groups excluding carboxylic acids is 2. The lowest BCUT2D eigenvalue weighted by molar-refractivity contribution is -0.135. The Bertz CT molecular complexity index is 1510. The first kappa shape index (κ1) is 24.9. The van der Waals surface area contributed by atoms with E-state index in [2.05, 4.69) is 15.6 Å². The first-order valence-electron chi connectivity index (χ1n) is 13.1. The highest BCUT2D eigenvalue weighted by Crippen LogP contribution is 2.32. The van der Waals surface area contributed by atoms with Gasteiger partial charge in [-0.1, -0.05) is 17.4 Å². The summed E-state index contributed by atoms with van der Waals surface area (Å²) in [6.07, 6.45) is 3.87. The lowest BCUT2D eigenvalue weighted by Crippen LogP contribution is -2.41. The van der Waals surface area contributed by atoms with Crippen LogP contribution in [0.5, 0.6) is 0 Å². The Kier molecular flexibility index (Phi) is 6.84. The average molecular weight is 538 g/mol. The molecule has 6 rings (SSSR count). The molecular weight excluding hydrogens is 508 g/mol. The maximum absolute atomic E-state index is 15.0. The lowest BCUT2D eigenvalue weighted by atomic mass is 10.0. The number of amides is 2. The van der Waals surface area contributed by atoms with Crippen molar-refractivity contribution >= 4 is 38.3 Å². The van der Waals surface area contributed by atoms with Crippen LogP contribution in [0.4, 0.5) is 8.78 Å². The Labute approximate surface area is 222 Å². The molecule has 2 saturated heterocycles. The number of alkyl halides is 1. The minimum absolute atomic E-state index is 0.0442. The van der Waals surface area contributed by atoms with Crippen LogP contribution in [0.1, 0.15) is 54.1 Å². The molecule has 2 aliphatic heterocycles. The van der Waals surface area contributed by atoms with Gasteiger partial charge in [0.2, 0.25) is 5.91 Å². The number of hydrogen-bond donors (Lipinski definition) is 2. The fourth-order valence-electron chi connectivity index (χ4n) is 5.35. The molecule has 4 heterocycles. The number of fused-ring (bicyclic) bond motifs is 3. The first-order valence-corrected chi connectivity index (χ1v) is 13.9. The number of aromatic nitrogens is 2. The van der Waals surface area contributed by atoms with Gasteiger partial charge in [-0.3, -0.25) is 14.0 Å². The van der Waals surface area contributed by atoms with Gasteiger partial charge in [-0.25, -0.2) is 13.8 Å². The van der Waals surface area contributed by atoms with Crippen LogP contribution < -0.4 is 10.6 Å². The van der Waals surface area contributed by atoms with Crippen molar-refractivity contribution in [3.8, 4) is 11.3 Å². The standard InChI is InChI=1S/C28H29F2N5O2S/c29-19-8-12-34(26(36)15-19)11-2-10-32-27(37)18-5-7-24-25(14-18)38-28-33-23(16-35(24)28)20-6-4-17(13-21(20)30)22-3-1-9-31-22/h4-7,13-14,16,19,22,31H,1-3,8-12,15H2,(H,32,37)/t19?,22-/m0/s1. The highest BCUT2D eigenvalue weighted by Gasteiger charge is 2.25. The maximum Gasteiger partial charge on any atom is 0.251 e. The molecule has 0 radical (unpaired) electrons. The Morgan fingerprint density at radius 3 is 2.89 bits per heavy atom. The summed E-state index contributed by atoms with van der Waals surface area (Å²) in [7, 11) is 0. The third-order valence-corrected chi connectivity index (χ3v) is 8.46. The van der Waals surface area contributed by atoms with E-state index < -0.39 is 6.17 Å². The Morgan fingerprint density at radius 2 is 2.11 bits per heavy atom. The molecule has 0 aliphatic carbocycles. The molecule has 0 saturated carbocycles. The minimum atomic E-state index is -1.04. The van der Waals surface area contributed by atoms with Crippen molar-refractivity contribution in [2.24, 2.45) is 0 Å². The van der Waals surface area contributed by atoms with E-state index in [1.807, 2.05) is 28.8 Å². The summed E-state index contributed by atoms with van der Waals surface area (Å²) >= 11 is 1.45. The summed E-state index contributed by atoms with van der Waals surface area (Å²) in [6, 6.07) is 11.1. The van der Waals surface area contributed by atoms with Crippen LogP contribution in [0, 0.1) is 5.82 Å². The number of hydrogen-bond acceptors (Lipinski definition) is 5. The smallest absolute Gasteiger partial charge is 0.251 e. The minimum Gasteiger partial charge on any atom is -0.352 e. The van der Waals surface area contributed by atoms with Gasteiger partial charge in [0.25, 0.3) is 5.91 Å². The number of imidazole rings is 1. The Morgan fingerprint density at radius 1 is 1.21 bits per heavy atom. The molecule has 10 heteroatoms. The summed E-state index contributed by atoms with van der Waals surface area (Å²) < 4.78 is 31.1. The molecule has 7 nitrogen and oxygen atoms in total. The van der Waals surface area contributed by atoms with Gasteiger partial charge < -0.3 is 15.5 Å². The van der Waals surface area contributed by atoms with Crippen LogP contribution in [0.3, 0.4) is 0 Å². The first-order chi connectivity index (χ1) is 18.5. The predicted molar refractivity (Wildman–Crippen MR) is 144 cm³/mol. The largest absolute Gasteiger partial charge is 0.352 e. The number of benzene rings is 2. The van der Waals surface area contributed by atoms with Gasteiger partial charge in [0, 0.05) is 43.0 Å². The van der Waals surface area contributed by atoms with Gasteiger partial charge >= 0.3 is 0 Å². The van der Waals surface area contributed by atoms with Crippen LogP contribution in [0.2, 0.25) is 0 Å². The topological polar surface area (TPSA) is 78.7 Å². The summed E-state index contributed by atoms with van der Waals surface area (Å²) in [5.74, 6) is -0.625. The third kappa shape index (κ3) is 4.90. The quantitative estimate of drug-likeness (QED) is 0.330. The zero-order chi connectivity index (χ0) is 26.2. The number of rotatable bonds is 7. The lowest BCUT2D eigenvalue weighted by Gasteiger charge is -2.28. The third-order valence-electron chi connectivity index (χ3n) is 7.44. The van der Waals surface area contributed by atoms with Crippen LogP contribution >= 0.6 is 11.3 Å². The van der Waals surface area contributed by atoms with E-state index >= 15 is 0 Å². The van der Waals surface area contributed by atoms with E-state index in [0.29, 0.717) is 49.3 Å². The SMILES string of the molecule is O=C(NCCCN1CCC(F)CC1=O)c1ccc2c(c1)sc1nc(-c3ccc([C@@H]4CCCN4)cc3F)cn12. The predicted octanol–water partition coefficient (Wildman–Crippen LogP) is 4.86. The fourth-order valence-corrected chi connectivity index (χ4v) is 6.40.